The Hall–Kier alpha value is -2.16. The normalized spacial score (nSPS) is 11.6. The van der Waals surface area contributed by atoms with Gasteiger partial charge in [0.2, 0.25) is 0 Å². The first-order valence-corrected chi connectivity index (χ1v) is 8.05. The first kappa shape index (κ1) is 16.2. The van der Waals surface area contributed by atoms with Crippen LogP contribution in [0.25, 0.3) is 0 Å². The number of benzene rings is 1. The van der Waals surface area contributed by atoms with Gasteiger partial charge in [-0.05, 0) is 48.4 Å². The fourth-order valence-electron chi connectivity index (χ4n) is 2.30. The Morgan fingerprint density at radius 1 is 1.32 bits per heavy atom. The number of nitriles is 1. The minimum absolute atomic E-state index is 0.140. The highest BCUT2D eigenvalue weighted by molar-refractivity contribution is 7.10. The minimum Gasteiger partial charge on any atom is -0.396 e. The average Bonchev–Trinajstić information content (AvgIpc) is 3.08. The van der Waals surface area contributed by atoms with E-state index in [1.165, 1.54) is 4.88 Å². The van der Waals surface area contributed by atoms with Gasteiger partial charge in [0.05, 0.1) is 11.6 Å². The van der Waals surface area contributed by atoms with Crippen LogP contribution in [0.2, 0.25) is 0 Å². The number of hydrogen-bond donors (Lipinski definition) is 2. The second-order valence-electron chi connectivity index (χ2n) is 4.96. The fraction of sp³-hybridized carbons (Fsp3) is 0.294. The van der Waals surface area contributed by atoms with Gasteiger partial charge in [-0.3, -0.25) is 4.79 Å². The predicted molar refractivity (Wildman–Crippen MR) is 86.9 cm³/mol. The number of hydrogen-bond acceptors (Lipinski definition) is 4. The molecule has 0 aliphatic rings. The summed E-state index contributed by atoms with van der Waals surface area (Å²) in [6.45, 7) is 0.679. The number of amides is 1. The van der Waals surface area contributed by atoms with Crippen LogP contribution in [0.4, 0.5) is 0 Å². The zero-order valence-corrected chi connectivity index (χ0v) is 13.0. The van der Waals surface area contributed by atoms with E-state index in [2.05, 4.69) is 11.4 Å². The second kappa shape index (κ2) is 8.32. The smallest absolute Gasteiger partial charge is 0.251 e. The molecule has 0 spiro atoms. The molecule has 1 atom stereocenters. The molecule has 0 aliphatic carbocycles. The van der Waals surface area contributed by atoms with Crippen molar-refractivity contribution in [2.24, 2.45) is 0 Å². The number of rotatable bonds is 7. The van der Waals surface area contributed by atoms with Gasteiger partial charge in [0.1, 0.15) is 0 Å². The van der Waals surface area contributed by atoms with Gasteiger partial charge in [0.25, 0.3) is 5.91 Å². The molecule has 0 radical (unpaired) electrons. The molecule has 0 bridgehead atoms. The Morgan fingerprint density at radius 2 is 2.18 bits per heavy atom. The lowest BCUT2D eigenvalue weighted by molar-refractivity contribution is 0.0952. The van der Waals surface area contributed by atoms with Gasteiger partial charge >= 0.3 is 0 Å². The van der Waals surface area contributed by atoms with Crippen LogP contribution in [-0.2, 0) is 0 Å². The predicted octanol–water partition coefficient (Wildman–Crippen LogP) is 2.91. The maximum atomic E-state index is 12.1. The summed E-state index contributed by atoms with van der Waals surface area (Å²) < 4.78 is 0. The van der Waals surface area contributed by atoms with Gasteiger partial charge < -0.3 is 10.4 Å². The van der Waals surface area contributed by atoms with Crippen LogP contribution in [0, 0.1) is 11.3 Å². The standard InChI is InChI=1S/C17H18N2O2S/c18-12-13-3-1-4-15(11-13)17(21)19-8-6-14(7-9-20)16-5-2-10-22-16/h1-5,10-11,14,20H,6-9H2,(H,19,21)/t14-/m0/s1. The van der Waals surface area contributed by atoms with Crippen molar-refractivity contribution in [3.05, 3.63) is 57.8 Å². The fourth-order valence-corrected chi connectivity index (χ4v) is 3.20. The summed E-state index contributed by atoms with van der Waals surface area (Å²) >= 11 is 1.67. The van der Waals surface area contributed by atoms with Gasteiger partial charge in [-0.1, -0.05) is 12.1 Å². The van der Waals surface area contributed by atoms with Gasteiger partial charge in [-0.15, -0.1) is 11.3 Å². The lowest BCUT2D eigenvalue weighted by Crippen LogP contribution is -2.25. The van der Waals surface area contributed by atoms with Crippen LogP contribution in [0.3, 0.4) is 0 Å². The molecule has 5 heteroatoms. The molecule has 0 fully saturated rings. The molecule has 2 aromatic rings. The lowest BCUT2D eigenvalue weighted by atomic mass is 10.00. The van der Waals surface area contributed by atoms with E-state index in [1.54, 1.807) is 35.6 Å². The molecule has 4 nitrogen and oxygen atoms in total. The molecule has 22 heavy (non-hydrogen) atoms. The Balaban J connectivity index is 1.89. The molecule has 0 unspecified atom stereocenters. The number of nitrogens with one attached hydrogen (secondary N) is 1. The molecule has 2 N–H and O–H groups in total. The number of carbonyl (C=O) groups excluding carboxylic acids is 1. The van der Waals surface area contributed by atoms with Gasteiger partial charge in [0.15, 0.2) is 0 Å². The number of aliphatic hydroxyl groups is 1. The zero-order chi connectivity index (χ0) is 15.8. The van der Waals surface area contributed by atoms with E-state index in [1.807, 2.05) is 17.5 Å². The van der Waals surface area contributed by atoms with Gasteiger partial charge in [-0.25, -0.2) is 0 Å². The van der Waals surface area contributed by atoms with Crippen molar-refractivity contribution in [3.63, 3.8) is 0 Å². The lowest BCUT2D eigenvalue weighted by Gasteiger charge is -2.14. The molecule has 114 valence electrons. The Bertz CT molecular complexity index is 647. The summed E-state index contributed by atoms with van der Waals surface area (Å²) in [7, 11) is 0. The van der Waals surface area contributed by atoms with Crippen LogP contribution in [0.5, 0.6) is 0 Å². The summed E-state index contributed by atoms with van der Waals surface area (Å²) in [4.78, 5) is 13.3. The number of carbonyl (C=O) groups is 1. The number of nitrogens with zero attached hydrogens (tertiary/aromatic N) is 1. The highest BCUT2D eigenvalue weighted by Crippen LogP contribution is 2.26. The molecule has 0 saturated heterocycles. The quantitative estimate of drug-likeness (QED) is 0.825. The third kappa shape index (κ3) is 4.42. The molecular weight excluding hydrogens is 296 g/mol. The van der Waals surface area contributed by atoms with Crippen molar-refractivity contribution in [1.29, 1.82) is 5.26 Å². The largest absolute Gasteiger partial charge is 0.396 e. The van der Waals surface area contributed by atoms with E-state index in [4.69, 9.17) is 10.4 Å². The highest BCUT2D eigenvalue weighted by atomic mass is 32.1. The third-order valence-electron chi connectivity index (χ3n) is 3.46. The summed E-state index contributed by atoms with van der Waals surface area (Å²) in [6.07, 6.45) is 1.48. The van der Waals surface area contributed by atoms with E-state index in [9.17, 15) is 4.79 Å². The second-order valence-corrected chi connectivity index (χ2v) is 5.94. The first-order valence-electron chi connectivity index (χ1n) is 7.17. The molecule has 1 aromatic carbocycles. The van der Waals surface area contributed by atoms with Crippen molar-refractivity contribution in [2.75, 3.05) is 13.2 Å². The highest BCUT2D eigenvalue weighted by Gasteiger charge is 2.13. The van der Waals surface area contributed by atoms with E-state index in [-0.39, 0.29) is 18.4 Å². The molecule has 0 aliphatic heterocycles. The summed E-state index contributed by atoms with van der Waals surface area (Å²) in [5, 5.41) is 22.9. The zero-order valence-electron chi connectivity index (χ0n) is 12.2. The molecule has 1 heterocycles. The van der Waals surface area contributed by atoms with Crippen LogP contribution in [0.1, 0.15) is 39.6 Å². The average molecular weight is 314 g/mol. The number of aliphatic hydroxyl groups excluding tert-OH is 1. The maximum absolute atomic E-state index is 12.1. The van der Waals surface area contributed by atoms with E-state index >= 15 is 0 Å². The third-order valence-corrected chi connectivity index (χ3v) is 4.49. The maximum Gasteiger partial charge on any atom is 0.251 e. The van der Waals surface area contributed by atoms with E-state index in [0.29, 0.717) is 24.1 Å². The molecule has 1 aromatic heterocycles. The van der Waals surface area contributed by atoms with Crippen molar-refractivity contribution < 1.29 is 9.90 Å². The van der Waals surface area contributed by atoms with Gasteiger partial charge in [0, 0.05) is 23.6 Å². The van der Waals surface area contributed by atoms with E-state index < -0.39 is 0 Å². The van der Waals surface area contributed by atoms with Crippen LogP contribution < -0.4 is 5.32 Å². The van der Waals surface area contributed by atoms with Crippen molar-refractivity contribution in [3.8, 4) is 6.07 Å². The van der Waals surface area contributed by atoms with Crippen molar-refractivity contribution in [1.82, 2.24) is 5.32 Å². The summed E-state index contributed by atoms with van der Waals surface area (Å²) in [5.41, 5.74) is 0.971. The van der Waals surface area contributed by atoms with Crippen molar-refractivity contribution in [2.45, 2.75) is 18.8 Å². The molecular formula is C17H18N2O2S. The SMILES string of the molecule is N#Cc1cccc(C(=O)NCC[C@@H](CCO)c2cccs2)c1. The first-order chi connectivity index (χ1) is 10.7. The minimum atomic E-state index is -0.175. The monoisotopic (exact) mass is 314 g/mol. The number of thiophene rings is 1. The van der Waals surface area contributed by atoms with Crippen molar-refractivity contribution >= 4 is 17.2 Å². The molecule has 2 rings (SSSR count). The van der Waals surface area contributed by atoms with E-state index in [0.717, 1.165) is 6.42 Å². The van der Waals surface area contributed by atoms with Gasteiger partial charge in [-0.2, -0.15) is 5.26 Å². The summed E-state index contributed by atoms with van der Waals surface area (Å²) in [5.74, 6) is 0.0850. The summed E-state index contributed by atoms with van der Waals surface area (Å²) in [6, 6.07) is 12.7. The van der Waals surface area contributed by atoms with Crippen LogP contribution >= 0.6 is 11.3 Å². The molecule has 0 saturated carbocycles. The Labute approximate surface area is 134 Å². The Kier molecular flexibility index (Phi) is 6.13. The van der Waals surface area contributed by atoms with Crippen LogP contribution in [0.15, 0.2) is 41.8 Å². The Morgan fingerprint density at radius 3 is 2.86 bits per heavy atom. The van der Waals surface area contributed by atoms with Crippen LogP contribution in [-0.4, -0.2) is 24.2 Å². The topological polar surface area (TPSA) is 73.1 Å². The molecule has 1 amide bonds.